The maximum atomic E-state index is 11.8. The molecule has 0 radical (unpaired) electrons. The first kappa shape index (κ1) is 21.3. The zero-order valence-corrected chi connectivity index (χ0v) is 18.1. The summed E-state index contributed by atoms with van der Waals surface area (Å²) in [5.74, 6) is -0.724. The van der Waals surface area contributed by atoms with Crippen LogP contribution in [-0.4, -0.2) is 58.8 Å². The highest BCUT2D eigenvalue weighted by atomic mass is 16.6. The van der Waals surface area contributed by atoms with Crippen LogP contribution in [0, 0.1) is 0 Å². The number of aromatic nitrogens is 2. The van der Waals surface area contributed by atoms with Crippen molar-refractivity contribution < 1.29 is 28.5 Å². The number of unbranched alkanes of at least 4 members (excludes halogenated alkanes) is 1. The van der Waals surface area contributed by atoms with Crippen molar-refractivity contribution in [3.63, 3.8) is 0 Å². The van der Waals surface area contributed by atoms with Crippen molar-refractivity contribution in [2.75, 3.05) is 26.2 Å². The lowest BCUT2D eigenvalue weighted by atomic mass is 10.1. The van der Waals surface area contributed by atoms with Gasteiger partial charge in [0.25, 0.3) is 5.88 Å². The molecule has 9 heteroatoms. The van der Waals surface area contributed by atoms with Gasteiger partial charge in [-0.3, -0.25) is 0 Å². The molecule has 5 rings (SSSR count). The maximum Gasteiger partial charge on any atom is 0.423 e. The van der Waals surface area contributed by atoms with Gasteiger partial charge in [0.1, 0.15) is 11.9 Å². The van der Waals surface area contributed by atoms with E-state index < -0.39 is 11.9 Å². The molecule has 172 valence electrons. The minimum Gasteiger partial charge on any atom is -0.490 e. The van der Waals surface area contributed by atoms with Crippen LogP contribution in [-0.2, 0) is 9.59 Å². The second kappa shape index (κ2) is 9.50. The van der Waals surface area contributed by atoms with Gasteiger partial charge < -0.3 is 23.8 Å². The topological polar surface area (TPSA) is 91.6 Å². The summed E-state index contributed by atoms with van der Waals surface area (Å²) in [5, 5.41) is 4.32. The minimum absolute atomic E-state index is 0.113. The molecule has 4 heterocycles. The van der Waals surface area contributed by atoms with Gasteiger partial charge in [0.05, 0.1) is 6.61 Å². The van der Waals surface area contributed by atoms with Crippen LogP contribution < -0.4 is 18.9 Å². The van der Waals surface area contributed by atoms with E-state index in [-0.39, 0.29) is 23.5 Å². The first-order valence-electron chi connectivity index (χ1n) is 11.2. The monoisotopic (exact) mass is 451 g/mol. The molecule has 9 nitrogen and oxygen atoms in total. The first-order chi connectivity index (χ1) is 16.2. The fourth-order valence-corrected chi connectivity index (χ4v) is 4.12. The number of benzene rings is 1. The van der Waals surface area contributed by atoms with E-state index in [2.05, 4.69) is 10.00 Å². The fraction of sp³-hybridized carbons (Fsp3) is 0.375. The van der Waals surface area contributed by atoms with E-state index >= 15 is 0 Å². The summed E-state index contributed by atoms with van der Waals surface area (Å²) >= 11 is 0. The molecule has 0 unspecified atom stereocenters. The molecule has 0 N–H and O–H groups in total. The fourth-order valence-electron chi connectivity index (χ4n) is 4.12. The predicted molar refractivity (Wildman–Crippen MR) is 118 cm³/mol. The highest BCUT2D eigenvalue weighted by molar-refractivity contribution is 6.31. The second-order valence-electron chi connectivity index (χ2n) is 8.11. The van der Waals surface area contributed by atoms with Gasteiger partial charge in [0.15, 0.2) is 11.3 Å². The van der Waals surface area contributed by atoms with Crippen molar-refractivity contribution >= 4 is 17.5 Å². The van der Waals surface area contributed by atoms with Gasteiger partial charge >= 0.3 is 11.9 Å². The van der Waals surface area contributed by atoms with Crippen LogP contribution in [0.15, 0.2) is 48.7 Å². The lowest BCUT2D eigenvalue weighted by Gasteiger charge is -2.32. The lowest BCUT2D eigenvalue weighted by molar-refractivity contribution is -0.155. The van der Waals surface area contributed by atoms with E-state index in [9.17, 15) is 9.59 Å². The Kier molecular flexibility index (Phi) is 6.12. The third kappa shape index (κ3) is 4.78. The molecule has 3 aromatic rings. The molecule has 1 aromatic carbocycles. The molecule has 1 fully saturated rings. The molecule has 33 heavy (non-hydrogen) atoms. The quantitative estimate of drug-likeness (QED) is 0.293. The number of carbonyl (C=O) groups is 2. The summed E-state index contributed by atoms with van der Waals surface area (Å²) in [6, 6.07) is 13.2. The number of esters is 2. The Morgan fingerprint density at radius 3 is 2.58 bits per heavy atom. The Morgan fingerprint density at radius 1 is 0.970 bits per heavy atom. The average molecular weight is 451 g/mol. The Balaban J connectivity index is 1.08. The van der Waals surface area contributed by atoms with Crippen molar-refractivity contribution in [1.82, 2.24) is 14.5 Å². The molecule has 2 aliphatic rings. The number of rotatable bonds is 8. The molecule has 0 atom stereocenters. The van der Waals surface area contributed by atoms with Crippen molar-refractivity contribution in [2.24, 2.45) is 0 Å². The van der Waals surface area contributed by atoms with Gasteiger partial charge in [-0.15, -0.1) is 5.10 Å². The van der Waals surface area contributed by atoms with Gasteiger partial charge in [-0.1, -0.05) is 18.2 Å². The van der Waals surface area contributed by atoms with Crippen molar-refractivity contribution in [1.29, 1.82) is 0 Å². The van der Waals surface area contributed by atoms with Crippen LogP contribution in [0.4, 0.5) is 0 Å². The van der Waals surface area contributed by atoms with E-state index in [1.54, 1.807) is 18.3 Å². The summed E-state index contributed by atoms with van der Waals surface area (Å²) in [4.78, 5) is 26.0. The summed E-state index contributed by atoms with van der Waals surface area (Å²) in [7, 11) is 0. The normalized spacial score (nSPS) is 16.8. The summed E-state index contributed by atoms with van der Waals surface area (Å²) in [6.07, 6.45) is 5.78. The van der Waals surface area contributed by atoms with Gasteiger partial charge in [-0.05, 0) is 56.5 Å². The zero-order chi connectivity index (χ0) is 22.6. The van der Waals surface area contributed by atoms with Crippen LogP contribution in [0.3, 0.4) is 0 Å². The second-order valence-corrected chi connectivity index (χ2v) is 8.11. The van der Waals surface area contributed by atoms with Crippen LogP contribution in [0.5, 0.6) is 23.1 Å². The summed E-state index contributed by atoms with van der Waals surface area (Å²) in [6.45, 7) is 3.44. The van der Waals surface area contributed by atoms with Crippen molar-refractivity contribution in [3.8, 4) is 23.1 Å². The summed E-state index contributed by atoms with van der Waals surface area (Å²) < 4.78 is 23.6. The van der Waals surface area contributed by atoms with E-state index in [4.69, 9.17) is 18.9 Å². The molecule has 2 aliphatic heterocycles. The van der Waals surface area contributed by atoms with Crippen molar-refractivity contribution in [3.05, 3.63) is 48.7 Å². The molecular formula is C24H25N3O6. The zero-order valence-electron chi connectivity index (χ0n) is 18.1. The number of likely N-dealkylation sites (tertiary alicyclic amines) is 1. The number of carbonyl (C=O) groups excluding carboxylic acids is 2. The predicted octanol–water partition coefficient (Wildman–Crippen LogP) is 2.86. The number of hydrogen-bond donors (Lipinski definition) is 0. The SMILES string of the molecule is O=C1Oc2cccn3nc(OCCCCN4CCC(Oc5ccccc5)CC4)c(c23)OC1=O. The molecule has 0 bridgehead atoms. The number of ether oxygens (including phenoxy) is 4. The van der Waals surface area contributed by atoms with E-state index in [0.29, 0.717) is 12.1 Å². The van der Waals surface area contributed by atoms with Gasteiger partial charge in [-0.25, -0.2) is 14.1 Å². The van der Waals surface area contributed by atoms with E-state index in [1.165, 1.54) is 4.52 Å². The Hall–Kier alpha value is -3.59. The van der Waals surface area contributed by atoms with E-state index in [1.807, 2.05) is 30.3 Å². The number of nitrogens with zero attached hydrogens (tertiary/aromatic N) is 3. The standard InChI is InChI=1S/C24H25N3O6/c28-23-24(29)33-21-20-19(32-23)9-6-13-27(20)25-22(21)30-16-5-4-12-26-14-10-18(11-15-26)31-17-7-2-1-3-8-17/h1-3,6-9,13,18H,4-5,10-12,14-16H2. The molecule has 0 amide bonds. The summed E-state index contributed by atoms with van der Waals surface area (Å²) in [5.41, 5.74) is 0.396. The van der Waals surface area contributed by atoms with Crippen LogP contribution in [0.1, 0.15) is 25.7 Å². The van der Waals surface area contributed by atoms with Crippen LogP contribution in [0.2, 0.25) is 0 Å². The van der Waals surface area contributed by atoms with Crippen LogP contribution in [0.25, 0.3) is 5.52 Å². The van der Waals surface area contributed by atoms with E-state index in [0.717, 1.165) is 51.1 Å². The van der Waals surface area contributed by atoms with Gasteiger partial charge in [-0.2, -0.15) is 0 Å². The molecule has 0 aliphatic carbocycles. The third-order valence-electron chi connectivity index (χ3n) is 5.80. The smallest absolute Gasteiger partial charge is 0.423 e. The van der Waals surface area contributed by atoms with Gasteiger partial charge in [0.2, 0.25) is 5.75 Å². The molecule has 0 saturated carbocycles. The first-order valence-corrected chi connectivity index (χ1v) is 11.2. The average Bonchev–Trinajstić information content (AvgIpc) is 3.11. The Morgan fingerprint density at radius 2 is 1.76 bits per heavy atom. The largest absolute Gasteiger partial charge is 0.490 e. The molecule has 0 spiro atoms. The molecular weight excluding hydrogens is 426 g/mol. The Bertz CT molecular complexity index is 1140. The number of para-hydroxylation sites is 1. The molecule has 1 saturated heterocycles. The number of hydrogen-bond acceptors (Lipinski definition) is 8. The minimum atomic E-state index is -1.09. The highest BCUT2D eigenvalue weighted by Crippen LogP contribution is 2.38. The number of pyridine rings is 1. The third-order valence-corrected chi connectivity index (χ3v) is 5.80. The highest BCUT2D eigenvalue weighted by Gasteiger charge is 2.31. The lowest BCUT2D eigenvalue weighted by Crippen LogP contribution is -2.38. The molecule has 2 aromatic heterocycles. The Labute approximate surface area is 190 Å². The van der Waals surface area contributed by atoms with Crippen molar-refractivity contribution in [2.45, 2.75) is 31.8 Å². The van der Waals surface area contributed by atoms with Crippen LogP contribution >= 0.6 is 0 Å². The maximum absolute atomic E-state index is 11.8. The van der Waals surface area contributed by atoms with Gasteiger partial charge in [0, 0.05) is 19.3 Å². The number of piperidine rings is 1.